The average molecular weight is 257 g/mol. The lowest BCUT2D eigenvalue weighted by atomic mass is 10.0. The molecule has 0 saturated heterocycles. The third-order valence-electron chi connectivity index (χ3n) is 2.99. The first-order chi connectivity index (χ1) is 9.13. The third-order valence-corrected chi connectivity index (χ3v) is 2.99. The quantitative estimate of drug-likeness (QED) is 0.823. The highest BCUT2D eigenvalue weighted by molar-refractivity contribution is 5.43. The van der Waals surface area contributed by atoms with E-state index in [9.17, 15) is 4.39 Å². The molecule has 2 aromatic carbocycles. The van der Waals surface area contributed by atoms with Crippen LogP contribution < -0.4 is 5.32 Å². The highest BCUT2D eigenvalue weighted by Crippen LogP contribution is 2.13. The number of hydrogen-bond donors (Lipinski definition) is 1. The van der Waals surface area contributed by atoms with Crippen LogP contribution in [0, 0.1) is 11.7 Å². The fourth-order valence-corrected chi connectivity index (χ4v) is 2.07. The van der Waals surface area contributed by atoms with Crippen LogP contribution in [0.5, 0.6) is 0 Å². The van der Waals surface area contributed by atoms with Crippen molar-refractivity contribution in [1.82, 2.24) is 0 Å². The summed E-state index contributed by atoms with van der Waals surface area (Å²) in [6.45, 7) is 5.16. The number of rotatable bonds is 5. The van der Waals surface area contributed by atoms with Crippen molar-refractivity contribution in [2.24, 2.45) is 5.92 Å². The maximum absolute atomic E-state index is 13.0. The Morgan fingerprint density at radius 2 is 1.68 bits per heavy atom. The molecule has 0 aliphatic carbocycles. The Hall–Kier alpha value is -1.83. The fraction of sp³-hybridized carbons (Fsp3) is 0.294. The van der Waals surface area contributed by atoms with Gasteiger partial charge in [0.05, 0.1) is 0 Å². The minimum absolute atomic E-state index is 0.211. The molecule has 1 nitrogen and oxygen atoms in total. The van der Waals surface area contributed by atoms with Gasteiger partial charge in [0.25, 0.3) is 0 Å². The van der Waals surface area contributed by atoms with Crippen LogP contribution >= 0.6 is 0 Å². The Kier molecular flexibility index (Phi) is 4.56. The van der Waals surface area contributed by atoms with Crippen molar-refractivity contribution in [3.63, 3.8) is 0 Å². The maximum atomic E-state index is 13.0. The van der Waals surface area contributed by atoms with Gasteiger partial charge in [-0.25, -0.2) is 4.39 Å². The van der Waals surface area contributed by atoms with E-state index < -0.39 is 0 Å². The molecule has 0 amide bonds. The molecule has 0 unspecified atom stereocenters. The van der Waals surface area contributed by atoms with Crippen LogP contribution in [0.25, 0.3) is 0 Å². The van der Waals surface area contributed by atoms with Crippen LogP contribution in [-0.4, -0.2) is 0 Å². The average Bonchev–Trinajstić information content (AvgIpc) is 2.37. The minimum atomic E-state index is -0.211. The second-order valence-corrected chi connectivity index (χ2v) is 5.28. The van der Waals surface area contributed by atoms with Crippen molar-refractivity contribution in [2.45, 2.75) is 26.8 Å². The van der Waals surface area contributed by atoms with Gasteiger partial charge in [0.15, 0.2) is 0 Å². The molecule has 0 saturated carbocycles. The number of benzene rings is 2. The molecule has 100 valence electrons. The summed E-state index contributed by atoms with van der Waals surface area (Å²) < 4.78 is 13.0. The molecule has 0 aliphatic heterocycles. The van der Waals surface area contributed by atoms with Crippen molar-refractivity contribution < 1.29 is 4.39 Å². The highest BCUT2D eigenvalue weighted by atomic mass is 19.1. The van der Waals surface area contributed by atoms with E-state index in [2.05, 4.69) is 43.4 Å². The molecule has 0 heterocycles. The van der Waals surface area contributed by atoms with Crippen LogP contribution in [0.4, 0.5) is 10.1 Å². The van der Waals surface area contributed by atoms with Crippen molar-refractivity contribution in [3.8, 4) is 0 Å². The molecule has 0 aliphatic rings. The molecule has 2 rings (SSSR count). The van der Waals surface area contributed by atoms with E-state index in [1.165, 1.54) is 23.3 Å². The van der Waals surface area contributed by atoms with Crippen LogP contribution in [0.3, 0.4) is 0 Å². The SMILES string of the molecule is CC(C)Cc1ccc(CNc2cccc(F)c2)cc1. The predicted octanol–water partition coefficient (Wildman–Crippen LogP) is 4.64. The molecule has 0 bridgehead atoms. The second kappa shape index (κ2) is 6.37. The lowest BCUT2D eigenvalue weighted by Gasteiger charge is -2.08. The van der Waals surface area contributed by atoms with Gasteiger partial charge in [0.1, 0.15) is 5.82 Å². The molecule has 0 spiro atoms. The minimum Gasteiger partial charge on any atom is -0.381 e. The van der Waals surface area contributed by atoms with E-state index in [1.807, 2.05) is 6.07 Å². The lowest BCUT2D eigenvalue weighted by Crippen LogP contribution is -2.00. The molecule has 2 aromatic rings. The van der Waals surface area contributed by atoms with Crippen molar-refractivity contribution in [2.75, 3.05) is 5.32 Å². The highest BCUT2D eigenvalue weighted by Gasteiger charge is 1.99. The maximum Gasteiger partial charge on any atom is 0.125 e. The van der Waals surface area contributed by atoms with Gasteiger partial charge in [-0.2, -0.15) is 0 Å². The van der Waals surface area contributed by atoms with E-state index >= 15 is 0 Å². The Morgan fingerprint density at radius 1 is 1.00 bits per heavy atom. The number of anilines is 1. The van der Waals surface area contributed by atoms with E-state index in [-0.39, 0.29) is 5.82 Å². The van der Waals surface area contributed by atoms with Gasteiger partial charge in [-0.05, 0) is 41.7 Å². The molecule has 2 heteroatoms. The second-order valence-electron chi connectivity index (χ2n) is 5.28. The van der Waals surface area contributed by atoms with Gasteiger partial charge in [-0.3, -0.25) is 0 Å². The van der Waals surface area contributed by atoms with Crippen LogP contribution in [-0.2, 0) is 13.0 Å². The molecule has 0 atom stereocenters. The predicted molar refractivity (Wildman–Crippen MR) is 78.7 cm³/mol. The first-order valence-corrected chi connectivity index (χ1v) is 6.71. The monoisotopic (exact) mass is 257 g/mol. The van der Waals surface area contributed by atoms with Gasteiger partial charge in [0.2, 0.25) is 0 Å². The molecular formula is C17H20FN. The number of hydrogen-bond acceptors (Lipinski definition) is 1. The summed E-state index contributed by atoms with van der Waals surface area (Å²) in [7, 11) is 0. The summed E-state index contributed by atoms with van der Waals surface area (Å²) in [5.74, 6) is 0.466. The van der Waals surface area contributed by atoms with Crippen LogP contribution in [0.1, 0.15) is 25.0 Å². The Morgan fingerprint density at radius 3 is 2.32 bits per heavy atom. The molecule has 0 fully saturated rings. The topological polar surface area (TPSA) is 12.0 Å². The zero-order valence-electron chi connectivity index (χ0n) is 11.5. The van der Waals surface area contributed by atoms with Crippen molar-refractivity contribution >= 4 is 5.69 Å². The Bertz CT molecular complexity index is 517. The first kappa shape index (κ1) is 13.6. The summed E-state index contributed by atoms with van der Waals surface area (Å²) in [6, 6.07) is 15.1. The fourth-order valence-electron chi connectivity index (χ4n) is 2.07. The lowest BCUT2D eigenvalue weighted by molar-refractivity contribution is 0.628. The zero-order valence-corrected chi connectivity index (χ0v) is 11.5. The van der Waals surface area contributed by atoms with E-state index in [0.717, 1.165) is 12.1 Å². The van der Waals surface area contributed by atoms with Crippen LogP contribution in [0.2, 0.25) is 0 Å². The summed E-state index contributed by atoms with van der Waals surface area (Å²) in [5.41, 5.74) is 3.38. The summed E-state index contributed by atoms with van der Waals surface area (Å²) in [4.78, 5) is 0. The van der Waals surface area contributed by atoms with Crippen molar-refractivity contribution in [3.05, 3.63) is 65.5 Å². The largest absolute Gasteiger partial charge is 0.381 e. The number of nitrogens with one attached hydrogen (secondary N) is 1. The van der Waals surface area contributed by atoms with Crippen LogP contribution in [0.15, 0.2) is 48.5 Å². The molecule has 0 radical (unpaired) electrons. The van der Waals surface area contributed by atoms with Gasteiger partial charge in [-0.15, -0.1) is 0 Å². The Balaban J connectivity index is 1.93. The summed E-state index contributed by atoms with van der Waals surface area (Å²) in [6.07, 6.45) is 1.11. The first-order valence-electron chi connectivity index (χ1n) is 6.71. The van der Waals surface area contributed by atoms with E-state index in [0.29, 0.717) is 12.5 Å². The normalized spacial score (nSPS) is 10.7. The van der Waals surface area contributed by atoms with Gasteiger partial charge >= 0.3 is 0 Å². The smallest absolute Gasteiger partial charge is 0.125 e. The number of halogens is 1. The molecular weight excluding hydrogens is 237 g/mol. The van der Waals surface area contributed by atoms with E-state index in [1.54, 1.807) is 6.07 Å². The zero-order chi connectivity index (χ0) is 13.7. The molecule has 19 heavy (non-hydrogen) atoms. The van der Waals surface area contributed by atoms with Gasteiger partial charge in [-0.1, -0.05) is 44.2 Å². The van der Waals surface area contributed by atoms with Gasteiger partial charge < -0.3 is 5.32 Å². The van der Waals surface area contributed by atoms with Gasteiger partial charge in [0, 0.05) is 12.2 Å². The summed E-state index contributed by atoms with van der Waals surface area (Å²) >= 11 is 0. The Labute approximate surface area is 114 Å². The standard InChI is InChI=1S/C17H20FN/c1-13(2)10-14-6-8-15(9-7-14)12-19-17-5-3-4-16(18)11-17/h3-9,11,13,19H,10,12H2,1-2H3. The molecule has 1 N–H and O–H groups in total. The summed E-state index contributed by atoms with van der Waals surface area (Å²) in [5, 5.41) is 3.22. The van der Waals surface area contributed by atoms with E-state index in [4.69, 9.17) is 0 Å². The molecule has 0 aromatic heterocycles. The third kappa shape index (κ3) is 4.40. The van der Waals surface area contributed by atoms with Crippen molar-refractivity contribution in [1.29, 1.82) is 0 Å².